The number of aromatic amines is 1. The summed E-state index contributed by atoms with van der Waals surface area (Å²) in [4.78, 5) is 39.6. The summed E-state index contributed by atoms with van der Waals surface area (Å²) in [5.74, 6) is -0.361. The molecule has 2 N–H and O–H groups in total. The Morgan fingerprint density at radius 1 is 1.24 bits per heavy atom. The first kappa shape index (κ1) is 23.4. The summed E-state index contributed by atoms with van der Waals surface area (Å²) in [5, 5.41) is 14.3. The number of nitrogens with zero attached hydrogens (tertiary/aromatic N) is 2. The maximum Gasteiger partial charge on any atom is 0.341 e. The van der Waals surface area contributed by atoms with Gasteiger partial charge < -0.3 is 19.7 Å². The van der Waals surface area contributed by atoms with Crippen LogP contribution < -0.4 is 10.2 Å². The maximum atomic E-state index is 13.0. The van der Waals surface area contributed by atoms with Gasteiger partial charge in [-0.05, 0) is 73.4 Å². The average molecular weight is 516 g/mol. The summed E-state index contributed by atoms with van der Waals surface area (Å²) < 4.78 is 5.89. The summed E-state index contributed by atoms with van der Waals surface area (Å²) in [7, 11) is 1.59. The van der Waals surface area contributed by atoms with E-state index < -0.39 is 11.4 Å². The number of nitrogens with one attached hydrogen (secondary N) is 1. The highest BCUT2D eigenvalue weighted by Crippen LogP contribution is 2.51. The molecule has 0 unspecified atom stereocenters. The average Bonchev–Trinajstić information content (AvgIpc) is 3.66. The van der Waals surface area contributed by atoms with Crippen LogP contribution in [0.4, 0.5) is 0 Å². The molecule has 9 heteroatoms. The Kier molecular flexibility index (Phi) is 6.00. The number of aromatic nitrogens is 2. The highest BCUT2D eigenvalue weighted by Gasteiger charge is 2.32. The third kappa shape index (κ3) is 4.29. The molecule has 8 nitrogen and oxygen atoms in total. The second-order valence-electron chi connectivity index (χ2n) is 9.38. The largest absolute Gasteiger partial charge is 0.494 e. The number of hydrogen-bond acceptors (Lipinski definition) is 7. The van der Waals surface area contributed by atoms with E-state index in [4.69, 9.17) is 9.57 Å². The molecule has 3 aromatic heterocycles. The first-order valence-corrected chi connectivity index (χ1v) is 13.1. The highest BCUT2D eigenvalue weighted by atomic mass is 32.1. The van der Waals surface area contributed by atoms with Gasteiger partial charge in [0, 0.05) is 39.5 Å². The first-order chi connectivity index (χ1) is 18.0. The summed E-state index contributed by atoms with van der Waals surface area (Å²) in [6, 6.07) is 7.84. The van der Waals surface area contributed by atoms with Crippen molar-refractivity contribution < 1.29 is 19.5 Å². The molecular weight excluding hydrogens is 490 g/mol. The molecule has 188 valence electrons. The van der Waals surface area contributed by atoms with E-state index in [9.17, 15) is 14.7 Å². The number of oxime groups is 1. The fraction of sp³-hybridized carbons (Fsp3) is 0.286. The number of fused-ring (bicyclic) bond motifs is 2. The fourth-order valence-electron chi connectivity index (χ4n) is 4.98. The Labute approximate surface area is 216 Å². The molecule has 37 heavy (non-hydrogen) atoms. The topological polar surface area (TPSA) is 114 Å². The van der Waals surface area contributed by atoms with E-state index in [2.05, 4.69) is 21.2 Å². The van der Waals surface area contributed by atoms with Crippen LogP contribution >= 0.6 is 11.3 Å². The summed E-state index contributed by atoms with van der Waals surface area (Å²) in [6.45, 7) is 0.383. The third-order valence-corrected chi connectivity index (χ3v) is 8.17. The lowest BCUT2D eigenvalue weighted by atomic mass is 9.94. The van der Waals surface area contributed by atoms with E-state index in [0.29, 0.717) is 29.2 Å². The van der Waals surface area contributed by atoms with Crippen LogP contribution in [-0.2, 0) is 17.9 Å². The molecule has 6 rings (SSSR count). The van der Waals surface area contributed by atoms with Crippen molar-refractivity contribution in [1.82, 2.24) is 9.97 Å². The molecule has 2 aliphatic rings. The minimum Gasteiger partial charge on any atom is -0.494 e. The molecule has 0 amide bonds. The number of carbonyl (C=O) groups is 1. The van der Waals surface area contributed by atoms with E-state index >= 15 is 0 Å². The minimum absolute atomic E-state index is 0.275. The van der Waals surface area contributed by atoms with Crippen molar-refractivity contribution >= 4 is 33.9 Å². The maximum absolute atomic E-state index is 13.0. The van der Waals surface area contributed by atoms with Crippen LogP contribution in [0.3, 0.4) is 0 Å². The van der Waals surface area contributed by atoms with Crippen LogP contribution in [0.1, 0.15) is 63.5 Å². The quantitative estimate of drug-likeness (QED) is 0.315. The zero-order valence-corrected chi connectivity index (χ0v) is 21.1. The number of aromatic carboxylic acids is 1. The van der Waals surface area contributed by atoms with Gasteiger partial charge >= 0.3 is 5.97 Å². The van der Waals surface area contributed by atoms with E-state index in [1.807, 2.05) is 18.2 Å². The van der Waals surface area contributed by atoms with Crippen molar-refractivity contribution in [2.24, 2.45) is 5.16 Å². The number of H-pyrrole nitrogens is 1. The van der Waals surface area contributed by atoms with Crippen LogP contribution in [0, 0.1) is 0 Å². The van der Waals surface area contributed by atoms with Crippen molar-refractivity contribution in [3.63, 3.8) is 0 Å². The van der Waals surface area contributed by atoms with Crippen LogP contribution in [0.15, 0.2) is 52.8 Å². The molecule has 3 heterocycles. The lowest BCUT2D eigenvalue weighted by molar-refractivity contribution is 0.0695. The standard InChI is InChI=1S/C28H25N3O5S/c1-35-27-24(17(16-5-6-16)11-19-25(27)30-13-20(26(19)32)28(33)34)23-12-18-21(3-2-4-22(18)37-23)31-36-14-15-7-9-29-10-8-15/h7-13,16H,2-6,14H2,1H3,(H,30,32)(H,33,34)/b31-21+. The van der Waals surface area contributed by atoms with Crippen LogP contribution in [-0.4, -0.2) is 33.9 Å². The van der Waals surface area contributed by atoms with Gasteiger partial charge in [-0.2, -0.15) is 0 Å². The zero-order chi connectivity index (χ0) is 25.5. The van der Waals surface area contributed by atoms with E-state index in [-0.39, 0.29) is 5.56 Å². The highest BCUT2D eigenvalue weighted by molar-refractivity contribution is 7.16. The normalized spacial score (nSPS) is 16.1. The molecule has 2 aliphatic carbocycles. The van der Waals surface area contributed by atoms with Gasteiger partial charge in [-0.1, -0.05) is 5.16 Å². The monoisotopic (exact) mass is 515 g/mol. The molecule has 0 bridgehead atoms. The number of benzene rings is 1. The van der Waals surface area contributed by atoms with Crippen molar-refractivity contribution in [1.29, 1.82) is 0 Å². The number of pyridine rings is 2. The first-order valence-electron chi connectivity index (χ1n) is 12.3. The van der Waals surface area contributed by atoms with Gasteiger partial charge in [0.1, 0.15) is 12.2 Å². The van der Waals surface area contributed by atoms with Crippen molar-refractivity contribution in [3.8, 4) is 16.2 Å². The molecule has 0 atom stereocenters. The second kappa shape index (κ2) is 9.48. The zero-order valence-electron chi connectivity index (χ0n) is 20.2. The number of carboxylic acids is 1. The number of ether oxygens (including phenoxy) is 1. The number of hydrogen-bond donors (Lipinski definition) is 2. The molecule has 4 aromatic rings. The van der Waals surface area contributed by atoms with Gasteiger partial charge in [-0.3, -0.25) is 9.78 Å². The Morgan fingerprint density at radius 2 is 2.05 bits per heavy atom. The van der Waals surface area contributed by atoms with Crippen molar-refractivity contribution in [3.05, 3.63) is 80.2 Å². The number of aryl methyl sites for hydroxylation is 1. The number of methoxy groups -OCH3 is 1. The molecule has 1 saturated carbocycles. The molecule has 0 spiro atoms. The second-order valence-corrected chi connectivity index (χ2v) is 10.5. The lowest BCUT2D eigenvalue weighted by Gasteiger charge is -2.16. The third-order valence-electron chi connectivity index (χ3n) is 6.95. The SMILES string of the molecule is COc1c(-c2cc3c(s2)CCC/C3=N\OCc2ccncc2)c(C2CC2)cc2c(=O)c(C(=O)O)c[nH]c12. The van der Waals surface area contributed by atoms with E-state index in [1.54, 1.807) is 30.8 Å². The Hall–Kier alpha value is -3.98. The molecule has 0 saturated heterocycles. The fourth-order valence-corrected chi connectivity index (χ4v) is 6.27. The minimum atomic E-state index is -1.25. The van der Waals surface area contributed by atoms with Gasteiger partial charge in [0.05, 0.1) is 23.7 Å². The van der Waals surface area contributed by atoms with Crippen LogP contribution in [0.25, 0.3) is 21.3 Å². The summed E-state index contributed by atoms with van der Waals surface area (Å²) >= 11 is 1.72. The van der Waals surface area contributed by atoms with Crippen LogP contribution in [0.5, 0.6) is 5.75 Å². The smallest absolute Gasteiger partial charge is 0.341 e. The van der Waals surface area contributed by atoms with Gasteiger partial charge in [-0.15, -0.1) is 11.3 Å². The number of carboxylic acid groups (broad SMARTS) is 1. The summed E-state index contributed by atoms with van der Waals surface area (Å²) in [6.07, 6.45) is 9.59. The molecule has 0 radical (unpaired) electrons. The van der Waals surface area contributed by atoms with Gasteiger partial charge in [0.25, 0.3) is 0 Å². The van der Waals surface area contributed by atoms with E-state index in [1.165, 1.54) is 11.1 Å². The molecule has 1 fully saturated rings. The molecular formula is C28H25N3O5S. The summed E-state index contributed by atoms with van der Waals surface area (Å²) in [5.41, 5.74) is 4.78. The Balaban J connectivity index is 1.44. The van der Waals surface area contributed by atoms with Gasteiger partial charge in [-0.25, -0.2) is 4.79 Å². The predicted molar refractivity (Wildman–Crippen MR) is 142 cm³/mol. The predicted octanol–water partition coefficient (Wildman–Crippen LogP) is 5.49. The van der Waals surface area contributed by atoms with Gasteiger partial charge in [0.15, 0.2) is 5.75 Å². The van der Waals surface area contributed by atoms with Crippen LogP contribution in [0.2, 0.25) is 0 Å². The van der Waals surface area contributed by atoms with Gasteiger partial charge in [0.2, 0.25) is 5.43 Å². The Bertz CT molecular complexity index is 1600. The van der Waals surface area contributed by atoms with Crippen molar-refractivity contribution in [2.45, 2.75) is 44.6 Å². The number of thiophene rings is 1. The molecule has 1 aromatic carbocycles. The van der Waals surface area contributed by atoms with E-state index in [0.717, 1.165) is 64.9 Å². The Morgan fingerprint density at radius 3 is 2.78 bits per heavy atom. The number of rotatable bonds is 7. The lowest BCUT2D eigenvalue weighted by Crippen LogP contribution is -2.16. The van der Waals surface area contributed by atoms with Crippen molar-refractivity contribution in [2.75, 3.05) is 7.11 Å². The molecule has 0 aliphatic heterocycles.